The second-order valence-corrected chi connectivity index (χ2v) is 8.77. The van der Waals surface area contributed by atoms with Gasteiger partial charge in [-0.05, 0) is 42.8 Å². The number of carbonyl (C=O) groups is 1. The number of rotatable bonds is 5. The van der Waals surface area contributed by atoms with E-state index in [0.717, 1.165) is 27.7 Å². The second-order valence-electron chi connectivity index (χ2n) is 7.20. The van der Waals surface area contributed by atoms with E-state index in [0.29, 0.717) is 13.0 Å². The van der Waals surface area contributed by atoms with Crippen LogP contribution in [0.4, 0.5) is 5.69 Å². The van der Waals surface area contributed by atoms with Crippen LogP contribution in [0.1, 0.15) is 43.1 Å². The molecular weight excluding hydrogens is 354 g/mol. The second kappa shape index (κ2) is 6.17. The van der Waals surface area contributed by atoms with E-state index in [-0.39, 0.29) is 16.7 Å². The Morgan fingerprint density at radius 1 is 1.19 bits per heavy atom. The Hall–Kier alpha value is -2.25. The van der Waals surface area contributed by atoms with Crippen molar-refractivity contribution in [2.24, 2.45) is 0 Å². The molecule has 0 bridgehead atoms. The number of carboxylic acids is 1. The van der Waals surface area contributed by atoms with Crippen LogP contribution < -0.4 is 0 Å². The average molecular weight is 376 g/mol. The number of fused-ring (bicyclic) bond motifs is 3. The normalized spacial score (nSPS) is 16.2. The number of benzene rings is 2. The Morgan fingerprint density at radius 3 is 2.46 bits per heavy atom. The third-order valence-corrected chi connectivity index (χ3v) is 6.06. The SMILES string of the molecule is CC1=[N+](CCCS(=O)(=O)O)c2ccc3ccc(C(=O)O)cc3c2C1(C)C. The third-order valence-electron chi connectivity index (χ3n) is 5.26. The van der Waals surface area contributed by atoms with Gasteiger partial charge in [0, 0.05) is 25.0 Å². The molecule has 0 aliphatic carbocycles. The first-order valence-corrected chi connectivity index (χ1v) is 10.0. The van der Waals surface area contributed by atoms with Crippen molar-refractivity contribution >= 4 is 38.3 Å². The van der Waals surface area contributed by atoms with Gasteiger partial charge in [0.2, 0.25) is 5.69 Å². The zero-order chi connectivity index (χ0) is 19.3. The van der Waals surface area contributed by atoms with Crippen LogP contribution in [0.3, 0.4) is 0 Å². The summed E-state index contributed by atoms with van der Waals surface area (Å²) >= 11 is 0. The van der Waals surface area contributed by atoms with Gasteiger partial charge in [-0.3, -0.25) is 4.55 Å². The molecule has 1 aliphatic heterocycles. The fourth-order valence-electron chi connectivity index (χ4n) is 3.72. The molecule has 0 fully saturated rings. The Morgan fingerprint density at radius 2 is 1.85 bits per heavy atom. The molecule has 0 unspecified atom stereocenters. The Labute approximate surface area is 152 Å². The maximum Gasteiger partial charge on any atom is 0.335 e. The Balaban J connectivity index is 2.12. The first kappa shape index (κ1) is 18.5. The van der Waals surface area contributed by atoms with Gasteiger partial charge >= 0.3 is 5.97 Å². The summed E-state index contributed by atoms with van der Waals surface area (Å²) in [7, 11) is -3.99. The summed E-state index contributed by atoms with van der Waals surface area (Å²) in [6, 6.07) is 9.05. The monoisotopic (exact) mass is 376 g/mol. The topological polar surface area (TPSA) is 94.7 Å². The van der Waals surface area contributed by atoms with Crippen molar-refractivity contribution in [2.75, 3.05) is 12.3 Å². The van der Waals surface area contributed by atoms with Crippen LogP contribution in [0.15, 0.2) is 30.3 Å². The van der Waals surface area contributed by atoms with E-state index < -0.39 is 16.1 Å². The molecule has 26 heavy (non-hydrogen) atoms. The predicted molar refractivity (Wildman–Crippen MR) is 100 cm³/mol. The molecule has 6 nitrogen and oxygen atoms in total. The highest BCUT2D eigenvalue weighted by Crippen LogP contribution is 2.44. The summed E-state index contributed by atoms with van der Waals surface area (Å²) in [5.41, 5.74) is 2.99. The van der Waals surface area contributed by atoms with Crippen molar-refractivity contribution in [3.05, 3.63) is 41.5 Å². The lowest BCUT2D eigenvalue weighted by Crippen LogP contribution is -2.27. The maximum atomic E-state index is 11.4. The van der Waals surface area contributed by atoms with Gasteiger partial charge in [-0.15, -0.1) is 0 Å². The summed E-state index contributed by atoms with van der Waals surface area (Å²) in [6.45, 7) is 6.63. The van der Waals surface area contributed by atoms with Crippen LogP contribution in [-0.2, 0) is 15.5 Å². The van der Waals surface area contributed by atoms with E-state index in [1.165, 1.54) is 0 Å². The van der Waals surface area contributed by atoms with E-state index in [4.69, 9.17) is 4.55 Å². The number of aromatic carboxylic acids is 1. The lowest BCUT2D eigenvalue weighted by molar-refractivity contribution is -0.438. The minimum Gasteiger partial charge on any atom is -0.478 e. The minimum atomic E-state index is -3.99. The molecule has 2 aromatic rings. The Kier molecular flexibility index (Phi) is 4.40. The van der Waals surface area contributed by atoms with E-state index in [9.17, 15) is 18.3 Å². The van der Waals surface area contributed by atoms with Crippen LogP contribution in [0.25, 0.3) is 10.8 Å². The summed E-state index contributed by atoms with van der Waals surface area (Å²) < 4.78 is 33.1. The molecule has 2 aromatic carbocycles. The smallest absolute Gasteiger partial charge is 0.335 e. The highest BCUT2D eigenvalue weighted by molar-refractivity contribution is 7.85. The van der Waals surface area contributed by atoms with E-state index in [1.54, 1.807) is 12.1 Å². The molecule has 0 amide bonds. The average Bonchev–Trinajstić information content (AvgIpc) is 2.74. The molecule has 3 rings (SSSR count). The van der Waals surface area contributed by atoms with Gasteiger partial charge in [0.15, 0.2) is 5.71 Å². The number of nitrogens with zero attached hydrogens (tertiary/aromatic N) is 1. The van der Waals surface area contributed by atoms with Gasteiger partial charge in [0.05, 0.1) is 16.7 Å². The molecule has 0 saturated heterocycles. The van der Waals surface area contributed by atoms with Crippen molar-refractivity contribution in [1.82, 2.24) is 0 Å². The molecule has 2 N–H and O–H groups in total. The van der Waals surface area contributed by atoms with Gasteiger partial charge < -0.3 is 5.11 Å². The van der Waals surface area contributed by atoms with Crippen molar-refractivity contribution in [2.45, 2.75) is 32.6 Å². The van der Waals surface area contributed by atoms with Crippen molar-refractivity contribution in [3.63, 3.8) is 0 Å². The first-order chi connectivity index (χ1) is 12.0. The highest BCUT2D eigenvalue weighted by Gasteiger charge is 2.44. The molecule has 0 atom stereocenters. The molecular formula is C19H22NO5S+. The molecule has 0 saturated carbocycles. The van der Waals surface area contributed by atoms with Gasteiger partial charge in [-0.1, -0.05) is 6.07 Å². The third kappa shape index (κ3) is 3.12. The summed E-state index contributed by atoms with van der Waals surface area (Å²) in [5.74, 6) is -1.26. The van der Waals surface area contributed by atoms with Gasteiger partial charge in [-0.25, -0.2) is 4.79 Å². The quantitative estimate of drug-likeness (QED) is 0.617. The van der Waals surface area contributed by atoms with Crippen LogP contribution in [-0.4, -0.2) is 46.6 Å². The van der Waals surface area contributed by atoms with Gasteiger partial charge in [0.1, 0.15) is 6.54 Å². The zero-order valence-corrected chi connectivity index (χ0v) is 15.8. The fourth-order valence-corrected chi connectivity index (χ4v) is 4.21. The van der Waals surface area contributed by atoms with Gasteiger partial charge in [-0.2, -0.15) is 13.0 Å². The standard InChI is InChI=1S/C19H21NO5S/c1-12-19(2,3)17-15-11-14(18(21)22)6-5-13(15)7-8-16(17)20(12)9-4-10-26(23,24)25/h5-8,11H,4,9-10H2,1-3H3,(H-,21,22,23,24,25)/p+1. The van der Waals surface area contributed by atoms with E-state index in [2.05, 4.69) is 18.4 Å². The largest absolute Gasteiger partial charge is 0.478 e. The molecule has 1 heterocycles. The van der Waals surface area contributed by atoms with Crippen molar-refractivity contribution < 1.29 is 27.4 Å². The lowest BCUT2D eigenvalue weighted by Gasteiger charge is -2.17. The number of hydrogen-bond donors (Lipinski definition) is 2. The lowest BCUT2D eigenvalue weighted by atomic mass is 9.79. The Bertz CT molecular complexity index is 1050. The van der Waals surface area contributed by atoms with Crippen LogP contribution in [0.2, 0.25) is 0 Å². The number of hydrogen-bond acceptors (Lipinski definition) is 3. The number of carboxylic acid groups (broad SMARTS) is 1. The van der Waals surface area contributed by atoms with E-state index in [1.807, 2.05) is 25.1 Å². The summed E-state index contributed by atoms with van der Waals surface area (Å²) in [6.07, 6.45) is 0.304. The molecule has 0 aromatic heterocycles. The van der Waals surface area contributed by atoms with E-state index >= 15 is 0 Å². The summed E-state index contributed by atoms with van der Waals surface area (Å²) in [4.78, 5) is 11.4. The fraction of sp³-hybridized carbons (Fsp3) is 0.368. The minimum absolute atomic E-state index is 0.240. The van der Waals surface area contributed by atoms with Gasteiger partial charge in [0.25, 0.3) is 10.1 Å². The predicted octanol–water partition coefficient (Wildman–Crippen LogP) is 3.21. The highest BCUT2D eigenvalue weighted by atomic mass is 32.2. The summed E-state index contributed by atoms with van der Waals surface area (Å²) in [5, 5.41) is 11.2. The van der Waals surface area contributed by atoms with Crippen molar-refractivity contribution in [3.8, 4) is 0 Å². The van der Waals surface area contributed by atoms with Crippen LogP contribution in [0, 0.1) is 0 Å². The van der Waals surface area contributed by atoms with Crippen LogP contribution in [0.5, 0.6) is 0 Å². The first-order valence-electron chi connectivity index (χ1n) is 8.39. The molecule has 1 aliphatic rings. The zero-order valence-electron chi connectivity index (χ0n) is 15.0. The van der Waals surface area contributed by atoms with Crippen LogP contribution >= 0.6 is 0 Å². The molecule has 0 spiro atoms. The molecule has 0 radical (unpaired) electrons. The maximum absolute atomic E-state index is 11.4. The van der Waals surface area contributed by atoms with Crippen molar-refractivity contribution in [1.29, 1.82) is 0 Å². The molecule has 138 valence electrons. The molecule has 7 heteroatoms.